The Balaban J connectivity index is 1.96. The highest BCUT2D eigenvalue weighted by Gasteiger charge is 2.33. The highest BCUT2D eigenvalue weighted by molar-refractivity contribution is 9.10. The van der Waals surface area contributed by atoms with E-state index < -0.39 is 0 Å². The predicted octanol–water partition coefficient (Wildman–Crippen LogP) is 2.90. The highest BCUT2D eigenvalue weighted by Crippen LogP contribution is 2.31. The van der Waals surface area contributed by atoms with Crippen molar-refractivity contribution in [2.75, 3.05) is 0 Å². The normalized spacial score (nSPS) is 27.4. The molecule has 2 nitrogen and oxygen atoms in total. The average molecular weight is 255 g/mol. The minimum absolute atomic E-state index is 0.359. The van der Waals surface area contributed by atoms with Gasteiger partial charge in [0.1, 0.15) is 0 Å². The van der Waals surface area contributed by atoms with Gasteiger partial charge in [-0.1, -0.05) is 6.92 Å². The zero-order chi connectivity index (χ0) is 10.1. The Kier molecular flexibility index (Phi) is 2.88. The summed E-state index contributed by atoms with van der Waals surface area (Å²) in [7, 11) is 0. The van der Waals surface area contributed by atoms with Gasteiger partial charge in [0.15, 0.2) is 0 Å². The molecule has 1 saturated carbocycles. The van der Waals surface area contributed by atoms with Gasteiger partial charge in [-0.3, -0.25) is 4.98 Å². The first kappa shape index (κ1) is 10.1. The Labute approximate surface area is 93.3 Å². The number of pyridine rings is 1. The van der Waals surface area contributed by atoms with E-state index in [4.69, 9.17) is 0 Å². The molecule has 14 heavy (non-hydrogen) atoms. The van der Waals surface area contributed by atoms with E-state index in [2.05, 4.69) is 46.1 Å². The average Bonchev–Trinajstić information content (AvgIpc) is 2.82. The molecule has 0 saturated heterocycles. The van der Waals surface area contributed by atoms with Crippen LogP contribution in [0.5, 0.6) is 0 Å². The largest absolute Gasteiger partial charge is 0.306 e. The van der Waals surface area contributed by atoms with Crippen molar-refractivity contribution in [2.24, 2.45) is 5.92 Å². The van der Waals surface area contributed by atoms with Crippen LogP contribution in [0, 0.1) is 5.92 Å². The van der Waals surface area contributed by atoms with Gasteiger partial charge in [0.05, 0.1) is 5.69 Å². The van der Waals surface area contributed by atoms with E-state index in [0.29, 0.717) is 12.1 Å². The van der Waals surface area contributed by atoms with Crippen molar-refractivity contribution in [1.29, 1.82) is 0 Å². The fourth-order valence-corrected chi connectivity index (χ4v) is 1.84. The van der Waals surface area contributed by atoms with Crippen molar-refractivity contribution in [3.8, 4) is 0 Å². The number of rotatable bonds is 3. The Bertz CT molecular complexity index is 310. The Morgan fingerprint density at radius 3 is 2.79 bits per heavy atom. The van der Waals surface area contributed by atoms with Gasteiger partial charge in [0.2, 0.25) is 0 Å². The second-order valence-corrected chi connectivity index (χ2v) is 5.02. The molecule has 1 aromatic heterocycles. The van der Waals surface area contributed by atoms with E-state index in [-0.39, 0.29) is 0 Å². The fraction of sp³-hybridized carbons (Fsp3) is 0.545. The molecule has 1 aliphatic rings. The summed E-state index contributed by atoms with van der Waals surface area (Å²) in [5, 5.41) is 3.56. The molecule has 0 radical (unpaired) electrons. The van der Waals surface area contributed by atoms with Crippen LogP contribution in [0.2, 0.25) is 0 Å². The van der Waals surface area contributed by atoms with E-state index in [1.807, 2.05) is 12.3 Å². The van der Waals surface area contributed by atoms with Gasteiger partial charge in [-0.05, 0) is 47.3 Å². The van der Waals surface area contributed by atoms with E-state index in [1.54, 1.807) is 0 Å². The lowest BCUT2D eigenvalue weighted by atomic mass is 10.2. The Morgan fingerprint density at radius 1 is 1.57 bits per heavy atom. The molecule has 1 aromatic rings. The van der Waals surface area contributed by atoms with Crippen molar-refractivity contribution < 1.29 is 0 Å². The molecular formula is C11H15BrN2. The van der Waals surface area contributed by atoms with E-state index >= 15 is 0 Å². The summed E-state index contributed by atoms with van der Waals surface area (Å²) >= 11 is 3.38. The van der Waals surface area contributed by atoms with Gasteiger partial charge < -0.3 is 5.32 Å². The summed E-state index contributed by atoms with van der Waals surface area (Å²) in [4.78, 5) is 4.37. The standard InChI is InChI=1S/C11H15BrN2/c1-7-5-11(7)14-8(2)10-4-3-9(12)6-13-10/h3-4,6-8,11,14H,5H2,1-2H3. The first-order chi connectivity index (χ1) is 6.66. The van der Waals surface area contributed by atoms with Crippen molar-refractivity contribution in [1.82, 2.24) is 10.3 Å². The summed E-state index contributed by atoms with van der Waals surface area (Å²) in [5.41, 5.74) is 1.12. The third kappa shape index (κ3) is 2.34. The molecule has 76 valence electrons. The van der Waals surface area contributed by atoms with Crippen molar-refractivity contribution in [3.63, 3.8) is 0 Å². The summed E-state index contributed by atoms with van der Waals surface area (Å²) in [6, 6.07) is 5.17. The smallest absolute Gasteiger partial charge is 0.0571 e. The lowest BCUT2D eigenvalue weighted by molar-refractivity contribution is 0.540. The first-order valence-electron chi connectivity index (χ1n) is 5.04. The number of nitrogens with one attached hydrogen (secondary N) is 1. The molecule has 1 heterocycles. The van der Waals surface area contributed by atoms with Gasteiger partial charge in [-0.25, -0.2) is 0 Å². The van der Waals surface area contributed by atoms with E-state index in [9.17, 15) is 0 Å². The number of nitrogens with zero attached hydrogens (tertiary/aromatic N) is 1. The highest BCUT2D eigenvalue weighted by atomic mass is 79.9. The molecular weight excluding hydrogens is 240 g/mol. The Morgan fingerprint density at radius 2 is 2.29 bits per heavy atom. The van der Waals surface area contributed by atoms with Gasteiger partial charge in [0, 0.05) is 22.8 Å². The van der Waals surface area contributed by atoms with Crippen LogP contribution in [0.15, 0.2) is 22.8 Å². The van der Waals surface area contributed by atoms with Crippen LogP contribution >= 0.6 is 15.9 Å². The molecule has 1 fully saturated rings. The summed E-state index contributed by atoms with van der Waals surface area (Å²) in [6.07, 6.45) is 3.16. The third-order valence-electron chi connectivity index (χ3n) is 2.77. The zero-order valence-electron chi connectivity index (χ0n) is 8.50. The molecule has 0 amide bonds. The topological polar surface area (TPSA) is 24.9 Å². The van der Waals surface area contributed by atoms with Crippen molar-refractivity contribution in [3.05, 3.63) is 28.5 Å². The first-order valence-corrected chi connectivity index (χ1v) is 5.83. The molecule has 0 aromatic carbocycles. The summed E-state index contributed by atoms with van der Waals surface area (Å²) in [5.74, 6) is 0.841. The molecule has 0 spiro atoms. The molecule has 3 atom stereocenters. The van der Waals surface area contributed by atoms with Crippen molar-refractivity contribution >= 4 is 15.9 Å². The van der Waals surface area contributed by atoms with Crippen LogP contribution in [0.4, 0.5) is 0 Å². The van der Waals surface area contributed by atoms with Crippen LogP contribution in [0.1, 0.15) is 32.0 Å². The quantitative estimate of drug-likeness (QED) is 0.898. The van der Waals surface area contributed by atoms with Gasteiger partial charge >= 0.3 is 0 Å². The molecule has 1 aliphatic carbocycles. The van der Waals surface area contributed by atoms with Gasteiger partial charge in [0.25, 0.3) is 0 Å². The van der Waals surface area contributed by atoms with E-state index in [0.717, 1.165) is 16.1 Å². The monoisotopic (exact) mass is 254 g/mol. The van der Waals surface area contributed by atoms with Crippen LogP contribution in [-0.2, 0) is 0 Å². The van der Waals surface area contributed by atoms with Gasteiger partial charge in [-0.2, -0.15) is 0 Å². The van der Waals surface area contributed by atoms with Crippen LogP contribution in [0.3, 0.4) is 0 Å². The maximum atomic E-state index is 4.37. The zero-order valence-corrected chi connectivity index (χ0v) is 10.1. The molecule has 0 aliphatic heterocycles. The van der Waals surface area contributed by atoms with Crippen molar-refractivity contribution in [2.45, 2.75) is 32.4 Å². The van der Waals surface area contributed by atoms with E-state index in [1.165, 1.54) is 6.42 Å². The maximum absolute atomic E-state index is 4.37. The molecule has 1 N–H and O–H groups in total. The molecule has 0 bridgehead atoms. The number of hydrogen-bond donors (Lipinski definition) is 1. The summed E-state index contributed by atoms with van der Waals surface area (Å²) < 4.78 is 1.04. The Hall–Kier alpha value is -0.410. The predicted molar refractivity (Wildman–Crippen MR) is 61.1 cm³/mol. The SMILES string of the molecule is CC(NC1CC1C)c1ccc(Br)cn1. The minimum Gasteiger partial charge on any atom is -0.306 e. The number of hydrogen-bond acceptors (Lipinski definition) is 2. The third-order valence-corrected chi connectivity index (χ3v) is 3.24. The van der Waals surface area contributed by atoms with Crippen LogP contribution < -0.4 is 5.32 Å². The molecule has 3 heteroatoms. The maximum Gasteiger partial charge on any atom is 0.0571 e. The van der Waals surface area contributed by atoms with Crippen LogP contribution in [0.25, 0.3) is 0 Å². The lowest BCUT2D eigenvalue weighted by Gasteiger charge is -2.12. The minimum atomic E-state index is 0.359. The molecule has 2 rings (SSSR count). The molecule has 3 unspecified atom stereocenters. The summed E-state index contributed by atoms with van der Waals surface area (Å²) in [6.45, 7) is 4.45. The second-order valence-electron chi connectivity index (χ2n) is 4.11. The number of aromatic nitrogens is 1. The number of halogens is 1. The lowest BCUT2D eigenvalue weighted by Crippen LogP contribution is -2.22. The van der Waals surface area contributed by atoms with Gasteiger partial charge in [-0.15, -0.1) is 0 Å². The fourth-order valence-electron chi connectivity index (χ4n) is 1.60. The second kappa shape index (κ2) is 3.99. The van der Waals surface area contributed by atoms with Crippen LogP contribution in [-0.4, -0.2) is 11.0 Å².